The first-order chi connectivity index (χ1) is 8.45. The van der Waals surface area contributed by atoms with E-state index in [4.69, 9.17) is 1.37 Å². The zero-order chi connectivity index (χ0) is 13.3. The topological polar surface area (TPSA) is 57.6 Å². The fourth-order valence-electron chi connectivity index (χ4n) is 1.73. The van der Waals surface area contributed by atoms with E-state index < -0.39 is 16.1 Å². The number of sulfonamides is 1. The van der Waals surface area contributed by atoms with Gasteiger partial charge < -0.3 is 5.11 Å². The number of β-amino-alcohol motifs (C(OH)–C–C–N with tert-alkyl or cyclic N) is 1. The summed E-state index contributed by atoms with van der Waals surface area (Å²) in [6.45, 7) is 3.01. The van der Waals surface area contributed by atoms with Crippen molar-refractivity contribution in [2.24, 2.45) is 0 Å². The van der Waals surface area contributed by atoms with Crippen LogP contribution in [-0.2, 0) is 10.0 Å². The molecule has 1 atom stereocenters. The predicted molar refractivity (Wildman–Crippen MR) is 65.1 cm³/mol. The molecule has 1 N–H and O–H groups in total. The smallest absolute Gasteiger partial charge is 0.243 e. The molecular weight excluding hydrogens is 238 g/mol. The number of hydrogen-bond donors (Lipinski definition) is 1. The molecule has 1 unspecified atom stereocenters. The average molecular weight is 254 g/mol. The van der Waals surface area contributed by atoms with Crippen molar-refractivity contribution in [3.05, 3.63) is 42.0 Å². The highest BCUT2D eigenvalue weighted by Crippen LogP contribution is 2.23. The van der Waals surface area contributed by atoms with Crippen LogP contribution < -0.4 is 0 Å². The zero-order valence-electron chi connectivity index (χ0n) is 10.5. The largest absolute Gasteiger partial charge is 0.387 e. The minimum Gasteiger partial charge on any atom is -0.387 e. The number of aryl methyl sites for hydroxylation is 1. The van der Waals surface area contributed by atoms with E-state index in [9.17, 15) is 13.5 Å². The fraction of sp³-hybridized carbons (Fsp3) is 0.333. The summed E-state index contributed by atoms with van der Waals surface area (Å²) in [5.41, 5.74) is 1.41. The summed E-state index contributed by atoms with van der Waals surface area (Å²) in [4.78, 5) is 0.214. The quantitative estimate of drug-likeness (QED) is 0.798. The summed E-state index contributed by atoms with van der Waals surface area (Å²) >= 11 is 0. The highest BCUT2D eigenvalue weighted by atomic mass is 32.2. The lowest BCUT2D eigenvalue weighted by Gasteiger charge is -2.15. The molecule has 1 aromatic carbocycles. The Morgan fingerprint density at radius 3 is 2.65 bits per heavy atom. The summed E-state index contributed by atoms with van der Waals surface area (Å²) in [6.07, 6.45) is -0.872. The summed E-state index contributed by atoms with van der Waals surface area (Å²) in [6, 6.07) is 6.58. The summed E-state index contributed by atoms with van der Waals surface area (Å²) in [5.74, 6) is 0. The van der Waals surface area contributed by atoms with E-state index in [0.29, 0.717) is 5.57 Å². The van der Waals surface area contributed by atoms with Crippen molar-refractivity contribution < 1.29 is 14.9 Å². The second-order valence-electron chi connectivity index (χ2n) is 4.20. The monoisotopic (exact) mass is 254 g/mol. The minimum atomic E-state index is -3.58. The van der Waals surface area contributed by atoms with E-state index in [1.165, 1.54) is 4.31 Å². The van der Waals surface area contributed by atoms with Gasteiger partial charge in [-0.1, -0.05) is 24.3 Å². The number of aliphatic hydroxyl groups is 1. The van der Waals surface area contributed by atoms with Gasteiger partial charge in [-0.15, -0.1) is 0 Å². The first-order valence-electron chi connectivity index (χ1n) is 5.85. The second kappa shape index (κ2) is 4.25. The van der Waals surface area contributed by atoms with Gasteiger partial charge >= 0.3 is 0 Å². The summed E-state index contributed by atoms with van der Waals surface area (Å²) < 4.78 is 32.9. The van der Waals surface area contributed by atoms with Crippen molar-refractivity contribution in [2.75, 3.05) is 13.1 Å². The fourth-order valence-corrected chi connectivity index (χ4v) is 3.16. The number of nitrogens with zero attached hydrogens (tertiary/aromatic N) is 1. The van der Waals surface area contributed by atoms with Crippen molar-refractivity contribution in [3.8, 4) is 0 Å². The Balaban J connectivity index is 2.31. The van der Waals surface area contributed by atoms with Crippen LogP contribution in [0.25, 0.3) is 0 Å². The number of benzene rings is 1. The SMILES string of the molecule is [2H]C=C1CN(S(=O)(=O)c2ccc(C)cc2)CC1O. The highest BCUT2D eigenvalue weighted by molar-refractivity contribution is 7.89. The van der Waals surface area contributed by atoms with Gasteiger partial charge in [-0.25, -0.2) is 8.42 Å². The van der Waals surface area contributed by atoms with Gasteiger partial charge in [0.05, 0.1) is 12.4 Å². The lowest BCUT2D eigenvalue weighted by atomic mass is 10.2. The molecule has 17 heavy (non-hydrogen) atoms. The molecule has 0 radical (unpaired) electrons. The summed E-state index contributed by atoms with van der Waals surface area (Å²) in [5, 5.41) is 9.62. The molecule has 1 aliphatic heterocycles. The third-order valence-electron chi connectivity index (χ3n) is 2.82. The van der Waals surface area contributed by atoms with Gasteiger partial charge in [-0.3, -0.25) is 0 Å². The molecule has 0 bridgehead atoms. The number of hydrogen-bond acceptors (Lipinski definition) is 3. The molecule has 0 saturated carbocycles. The van der Waals surface area contributed by atoms with Gasteiger partial charge in [0.2, 0.25) is 10.0 Å². The van der Waals surface area contributed by atoms with Crippen LogP contribution in [0.4, 0.5) is 0 Å². The van der Waals surface area contributed by atoms with Crippen molar-refractivity contribution >= 4 is 10.0 Å². The van der Waals surface area contributed by atoms with Crippen molar-refractivity contribution in [1.82, 2.24) is 4.31 Å². The Morgan fingerprint density at radius 2 is 2.12 bits per heavy atom. The minimum absolute atomic E-state index is 0.0148. The molecule has 1 saturated heterocycles. The Kier molecular flexibility index (Phi) is 2.74. The van der Waals surface area contributed by atoms with E-state index in [0.717, 1.165) is 12.1 Å². The maximum absolute atomic E-state index is 12.3. The van der Waals surface area contributed by atoms with E-state index >= 15 is 0 Å². The van der Waals surface area contributed by atoms with Crippen molar-refractivity contribution in [2.45, 2.75) is 17.9 Å². The van der Waals surface area contributed by atoms with Crippen LogP contribution in [0.3, 0.4) is 0 Å². The molecule has 0 aromatic heterocycles. The molecule has 0 amide bonds. The van der Waals surface area contributed by atoms with E-state index in [2.05, 4.69) is 0 Å². The van der Waals surface area contributed by atoms with Crippen LogP contribution in [0, 0.1) is 6.92 Å². The first kappa shape index (κ1) is 11.0. The maximum Gasteiger partial charge on any atom is 0.243 e. The van der Waals surface area contributed by atoms with Crippen LogP contribution in [0.5, 0.6) is 0 Å². The average Bonchev–Trinajstić information content (AvgIpc) is 2.72. The molecular formula is C12H15NO3S. The van der Waals surface area contributed by atoms with Gasteiger partial charge in [-0.2, -0.15) is 4.31 Å². The Bertz CT molecular complexity index is 565. The Morgan fingerprint density at radius 1 is 1.47 bits per heavy atom. The molecule has 5 heteroatoms. The molecule has 4 nitrogen and oxygen atoms in total. The molecule has 1 aliphatic rings. The van der Waals surface area contributed by atoms with Crippen LogP contribution in [0.1, 0.15) is 6.93 Å². The molecule has 2 rings (SSSR count). The normalized spacial score (nSPS) is 25.2. The lowest BCUT2D eigenvalue weighted by Crippen LogP contribution is -2.29. The molecule has 92 valence electrons. The third-order valence-corrected chi connectivity index (χ3v) is 4.65. The molecule has 0 spiro atoms. The van der Waals surface area contributed by atoms with E-state index in [1.54, 1.807) is 24.3 Å². The number of rotatable bonds is 2. The van der Waals surface area contributed by atoms with Gasteiger partial charge in [0.15, 0.2) is 0 Å². The first-order valence-corrected chi connectivity index (χ1v) is 6.71. The predicted octanol–water partition coefficient (Wildman–Crippen LogP) is 0.916. The zero-order valence-corrected chi connectivity index (χ0v) is 10.3. The highest BCUT2D eigenvalue weighted by Gasteiger charge is 2.33. The second-order valence-corrected chi connectivity index (χ2v) is 6.14. The van der Waals surface area contributed by atoms with Gasteiger partial charge in [0, 0.05) is 13.1 Å². The number of aliphatic hydroxyl groups excluding tert-OH is 1. The lowest BCUT2D eigenvalue weighted by molar-refractivity contribution is 0.217. The van der Waals surface area contributed by atoms with Gasteiger partial charge in [0.1, 0.15) is 0 Å². The van der Waals surface area contributed by atoms with E-state index in [-0.39, 0.29) is 18.0 Å². The van der Waals surface area contributed by atoms with Gasteiger partial charge in [-0.05, 0) is 24.6 Å². The van der Waals surface area contributed by atoms with Crippen molar-refractivity contribution in [1.29, 1.82) is 0 Å². The summed E-state index contributed by atoms with van der Waals surface area (Å²) in [7, 11) is -3.58. The van der Waals surface area contributed by atoms with Crippen LogP contribution in [0.2, 0.25) is 0 Å². The third kappa shape index (κ3) is 2.26. The molecule has 0 aliphatic carbocycles. The standard InChI is InChI=1S/C12H15NO3S/c1-9-3-5-11(6-4-9)17(15,16)13-7-10(2)12(14)8-13/h3-6,12,14H,2,7-8H2,1H3/i2D. The van der Waals surface area contributed by atoms with Gasteiger partial charge in [0.25, 0.3) is 0 Å². The molecule has 1 aromatic rings. The molecule has 1 fully saturated rings. The van der Waals surface area contributed by atoms with Crippen LogP contribution in [-0.4, -0.2) is 37.0 Å². The molecule has 1 heterocycles. The van der Waals surface area contributed by atoms with Crippen molar-refractivity contribution in [3.63, 3.8) is 0 Å². The van der Waals surface area contributed by atoms with E-state index in [1.807, 2.05) is 6.92 Å². The van der Waals surface area contributed by atoms with Crippen LogP contribution >= 0.6 is 0 Å². The Labute approximate surface area is 103 Å². The van der Waals surface area contributed by atoms with Crippen LogP contribution in [0.15, 0.2) is 41.3 Å². The maximum atomic E-state index is 12.3. The Hall–Kier alpha value is -1.17.